The molecule has 0 saturated heterocycles. The van der Waals surface area contributed by atoms with Crippen LogP contribution in [0.15, 0.2) is 63.9 Å². The molecule has 10 nitrogen and oxygen atoms in total. The highest BCUT2D eigenvalue weighted by atomic mass is 16.5. The van der Waals surface area contributed by atoms with Gasteiger partial charge in [0.25, 0.3) is 17.2 Å². The van der Waals surface area contributed by atoms with Crippen molar-refractivity contribution in [3.63, 3.8) is 0 Å². The van der Waals surface area contributed by atoms with Gasteiger partial charge in [0, 0.05) is 18.7 Å². The number of aromatic nitrogens is 3. The molecule has 0 radical (unpaired) electrons. The molecule has 0 spiro atoms. The summed E-state index contributed by atoms with van der Waals surface area (Å²) in [4.78, 5) is 45.1. The molecule has 1 atom stereocenters. The highest BCUT2D eigenvalue weighted by molar-refractivity contribution is 5.96. The zero-order valence-electron chi connectivity index (χ0n) is 21.7. The SMILES string of the molecule is CCC(c1nc2onc(C)c2c(=O)n1Cc1ccccc1)N(CCCNC(=O)O)C(=O)c1ccccc1C. The number of carbonyl (C=O) groups is 2. The van der Waals surface area contributed by atoms with Gasteiger partial charge in [-0.05, 0) is 43.9 Å². The summed E-state index contributed by atoms with van der Waals surface area (Å²) in [5.41, 5.74) is 2.54. The minimum atomic E-state index is -1.13. The first-order valence-electron chi connectivity index (χ1n) is 12.6. The average molecular weight is 518 g/mol. The molecule has 0 aliphatic carbocycles. The Labute approximate surface area is 219 Å². The van der Waals surface area contributed by atoms with Crippen LogP contribution >= 0.6 is 0 Å². The van der Waals surface area contributed by atoms with E-state index in [1.165, 1.54) is 0 Å². The largest absolute Gasteiger partial charge is 0.465 e. The first-order chi connectivity index (χ1) is 18.3. The normalized spacial score (nSPS) is 11.9. The lowest BCUT2D eigenvalue weighted by Crippen LogP contribution is -2.40. The molecule has 0 bridgehead atoms. The van der Waals surface area contributed by atoms with Crippen molar-refractivity contribution in [3.8, 4) is 0 Å². The molecule has 2 heterocycles. The minimum absolute atomic E-state index is 0.126. The molecule has 2 aromatic heterocycles. The van der Waals surface area contributed by atoms with E-state index in [9.17, 15) is 14.4 Å². The number of benzene rings is 2. The number of rotatable bonds is 10. The van der Waals surface area contributed by atoms with Crippen LogP contribution in [0.4, 0.5) is 4.79 Å². The first kappa shape index (κ1) is 26.6. The van der Waals surface area contributed by atoms with Gasteiger partial charge in [-0.2, -0.15) is 4.98 Å². The number of carboxylic acid groups (broad SMARTS) is 1. The van der Waals surface area contributed by atoms with Gasteiger partial charge < -0.3 is 19.8 Å². The average Bonchev–Trinajstić information content (AvgIpc) is 3.28. The van der Waals surface area contributed by atoms with Crippen LogP contribution in [0.25, 0.3) is 11.1 Å². The standard InChI is InChI=1S/C28H31N5O5/c1-4-22(32(16-10-15-29-28(36)37)26(34)21-14-9-8-11-18(21)2)24-30-25-23(19(3)31-38-25)27(35)33(24)17-20-12-6-5-7-13-20/h5-9,11-14,22,29H,4,10,15-17H2,1-3H3,(H,36,37). The van der Waals surface area contributed by atoms with Crippen LogP contribution < -0.4 is 10.9 Å². The van der Waals surface area contributed by atoms with Gasteiger partial charge >= 0.3 is 6.09 Å². The lowest BCUT2D eigenvalue weighted by molar-refractivity contribution is 0.0653. The second kappa shape index (κ2) is 11.7. The van der Waals surface area contributed by atoms with E-state index in [4.69, 9.17) is 14.6 Å². The van der Waals surface area contributed by atoms with Crippen molar-refractivity contribution >= 4 is 23.1 Å². The fourth-order valence-corrected chi connectivity index (χ4v) is 4.61. The van der Waals surface area contributed by atoms with Crippen LogP contribution in [-0.4, -0.2) is 49.8 Å². The molecule has 0 aliphatic rings. The second-order valence-electron chi connectivity index (χ2n) is 9.12. The van der Waals surface area contributed by atoms with E-state index in [1.54, 1.807) is 28.5 Å². The Morgan fingerprint density at radius 1 is 1.11 bits per heavy atom. The molecular formula is C28H31N5O5. The summed E-state index contributed by atoms with van der Waals surface area (Å²) in [6.45, 7) is 6.17. The number of nitrogens with zero attached hydrogens (tertiary/aromatic N) is 4. The summed E-state index contributed by atoms with van der Waals surface area (Å²) in [6.07, 6.45) is -0.282. The highest BCUT2D eigenvalue weighted by Gasteiger charge is 2.31. The molecule has 4 rings (SSSR count). The molecular weight excluding hydrogens is 486 g/mol. The van der Waals surface area contributed by atoms with Crippen LogP contribution in [-0.2, 0) is 6.54 Å². The quantitative estimate of drug-likeness (QED) is 0.300. The number of hydrogen-bond donors (Lipinski definition) is 2. The lowest BCUT2D eigenvalue weighted by atomic mass is 10.0. The minimum Gasteiger partial charge on any atom is -0.465 e. The van der Waals surface area contributed by atoms with E-state index < -0.39 is 12.1 Å². The van der Waals surface area contributed by atoms with Crippen molar-refractivity contribution in [2.75, 3.05) is 13.1 Å². The number of aryl methyl sites for hydroxylation is 2. The lowest BCUT2D eigenvalue weighted by Gasteiger charge is -2.32. The number of hydrogen-bond acceptors (Lipinski definition) is 6. The Morgan fingerprint density at radius 2 is 1.82 bits per heavy atom. The second-order valence-corrected chi connectivity index (χ2v) is 9.12. The van der Waals surface area contributed by atoms with Crippen LogP contribution in [0.3, 0.4) is 0 Å². The Hall–Kier alpha value is -4.47. The summed E-state index contributed by atoms with van der Waals surface area (Å²) in [7, 11) is 0. The molecule has 198 valence electrons. The van der Waals surface area contributed by atoms with Crippen LogP contribution in [0.2, 0.25) is 0 Å². The summed E-state index contributed by atoms with van der Waals surface area (Å²) in [5, 5.41) is 15.6. The fourth-order valence-electron chi connectivity index (χ4n) is 4.61. The van der Waals surface area contributed by atoms with Crippen LogP contribution in [0, 0.1) is 13.8 Å². The maximum absolute atomic E-state index is 13.9. The molecule has 38 heavy (non-hydrogen) atoms. The van der Waals surface area contributed by atoms with Crippen molar-refractivity contribution in [2.45, 2.75) is 46.2 Å². The third kappa shape index (κ3) is 5.59. The van der Waals surface area contributed by atoms with Gasteiger partial charge in [0.1, 0.15) is 11.2 Å². The summed E-state index contributed by atoms with van der Waals surface area (Å²) in [6, 6.07) is 16.3. The van der Waals surface area contributed by atoms with Gasteiger partial charge in [0.15, 0.2) is 0 Å². The van der Waals surface area contributed by atoms with Crippen molar-refractivity contribution < 1.29 is 19.2 Å². The summed E-state index contributed by atoms with van der Waals surface area (Å²) < 4.78 is 6.97. The van der Waals surface area contributed by atoms with Crippen LogP contribution in [0.1, 0.15) is 58.8 Å². The maximum Gasteiger partial charge on any atom is 0.404 e. The van der Waals surface area contributed by atoms with Gasteiger partial charge in [-0.15, -0.1) is 0 Å². The Bertz CT molecular complexity index is 1490. The first-order valence-corrected chi connectivity index (χ1v) is 12.6. The highest BCUT2D eigenvalue weighted by Crippen LogP contribution is 2.27. The van der Waals surface area contributed by atoms with Crippen molar-refractivity contribution in [1.82, 2.24) is 24.9 Å². The molecule has 0 aliphatic heterocycles. The van der Waals surface area contributed by atoms with Crippen LogP contribution in [0.5, 0.6) is 0 Å². The predicted octanol–water partition coefficient (Wildman–Crippen LogP) is 4.30. The number of nitrogens with one attached hydrogen (secondary N) is 1. The Morgan fingerprint density at radius 3 is 2.50 bits per heavy atom. The number of amides is 2. The van der Waals surface area contributed by atoms with Crippen molar-refractivity contribution in [1.29, 1.82) is 0 Å². The van der Waals surface area contributed by atoms with Gasteiger partial charge in [0.2, 0.25) is 0 Å². The molecule has 10 heteroatoms. The van der Waals surface area contributed by atoms with E-state index >= 15 is 0 Å². The van der Waals surface area contributed by atoms with Gasteiger partial charge in [-0.25, -0.2) is 4.79 Å². The Balaban J connectivity index is 1.84. The van der Waals surface area contributed by atoms with E-state index in [1.807, 2.05) is 56.3 Å². The van der Waals surface area contributed by atoms with E-state index in [0.29, 0.717) is 35.3 Å². The van der Waals surface area contributed by atoms with Gasteiger partial charge in [0.05, 0.1) is 18.3 Å². The molecule has 2 amide bonds. The molecule has 1 unspecified atom stereocenters. The topological polar surface area (TPSA) is 131 Å². The van der Waals surface area contributed by atoms with Crippen molar-refractivity contribution in [3.05, 3.63) is 93.2 Å². The molecule has 2 aromatic carbocycles. The third-order valence-electron chi connectivity index (χ3n) is 6.53. The molecule has 0 saturated carbocycles. The summed E-state index contributed by atoms with van der Waals surface area (Å²) >= 11 is 0. The van der Waals surface area contributed by atoms with Gasteiger partial charge in [-0.1, -0.05) is 60.6 Å². The number of fused-ring (bicyclic) bond motifs is 1. The third-order valence-corrected chi connectivity index (χ3v) is 6.53. The monoisotopic (exact) mass is 517 g/mol. The van der Waals surface area contributed by atoms with E-state index in [-0.39, 0.29) is 36.8 Å². The predicted molar refractivity (Wildman–Crippen MR) is 142 cm³/mol. The van der Waals surface area contributed by atoms with Crippen molar-refractivity contribution in [2.24, 2.45) is 0 Å². The van der Waals surface area contributed by atoms with Gasteiger partial charge in [-0.3, -0.25) is 14.2 Å². The van der Waals surface area contributed by atoms with E-state index in [0.717, 1.165) is 11.1 Å². The summed E-state index contributed by atoms with van der Waals surface area (Å²) in [5.74, 6) is 0.165. The molecule has 0 fully saturated rings. The number of carbonyl (C=O) groups excluding carboxylic acids is 1. The maximum atomic E-state index is 13.9. The van der Waals surface area contributed by atoms with E-state index in [2.05, 4.69) is 10.5 Å². The molecule has 2 N–H and O–H groups in total. The Kier molecular flexibility index (Phi) is 8.20. The smallest absolute Gasteiger partial charge is 0.404 e. The zero-order chi connectivity index (χ0) is 27.2. The zero-order valence-corrected chi connectivity index (χ0v) is 21.7. The molecule has 4 aromatic rings. The fraction of sp³-hybridized carbons (Fsp3) is 0.321.